The van der Waals surface area contributed by atoms with Crippen LogP contribution in [0.4, 0.5) is 10.1 Å². The summed E-state index contributed by atoms with van der Waals surface area (Å²) in [5.41, 5.74) is 1.06. The second-order valence-electron chi connectivity index (χ2n) is 8.34. The van der Waals surface area contributed by atoms with E-state index in [2.05, 4.69) is 4.90 Å². The summed E-state index contributed by atoms with van der Waals surface area (Å²) in [6, 6.07) is 12.6. The maximum atomic E-state index is 13.2. The van der Waals surface area contributed by atoms with Crippen LogP contribution < -0.4 is 4.90 Å². The first kappa shape index (κ1) is 23.9. The Bertz CT molecular complexity index is 1080. The Kier molecular flexibility index (Phi) is 7.53. The van der Waals surface area contributed by atoms with E-state index in [-0.39, 0.29) is 17.3 Å². The van der Waals surface area contributed by atoms with Crippen molar-refractivity contribution < 1.29 is 17.6 Å². The molecule has 7 nitrogen and oxygen atoms in total. The Balaban J connectivity index is 1.29. The van der Waals surface area contributed by atoms with Gasteiger partial charge in [0.05, 0.1) is 11.4 Å². The molecule has 2 heterocycles. The van der Waals surface area contributed by atoms with Gasteiger partial charge in [0.2, 0.25) is 15.9 Å². The highest BCUT2D eigenvalue weighted by Gasteiger charge is 2.29. The molecule has 2 aliphatic rings. The summed E-state index contributed by atoms with van der Waals surface area (Å²) in [7, 11) is -3.68. The Morgan fingerprint density at radius 2 is 1.64 bits per heavy atom. The van der Waals surface area contributed by atoms with E-state index in [0.29, 0.717) is 50.7 Å². The summed E-state index contributed by atoms with van der Waals surface area (Å²) in [6.07, 6.45) is 0.635. The lowest BCUT2D eigenvalue weighted by Crippen LogP contribution is -2.51. The number of halogens is 2. The van der Waals surface area contributed by atoms with Gasteiger partial charge in [-0.15, -0.1) is 0 Å². The van der Waals surface area contributed by atoms with Crippen molar-refractivity contribution in [2.24, 2.45) is 0 Å². The van der Waals surface area contributed by atoms with E-state index in [1.807, 2.05) is 34.1 Å². The minimum absolute atomic E-state index is 0.0654. The van der Waals surface area contributed by atoms with Crippen molar-refractivity contribution in [3.8, 4) is 0 Å². The van der Waals surface area contributed by atoms with Crippen LogP contribution in [0.2, 0.25) is 5.02 Å². The molecule has 4 rings (SSSR count). The summed E-state index contributed by atoms with van der Waals surface area (Å²) >= 11 is 6.09. The molecule has 0 aromatic heterocycles. The molecule has 2 aromatic carbocycles. The zero-order valence-electron chi connectivity index (χ0n) is 18.4. The molecule has 0 aliphatic carbocycles. The molecule has 2 saturated heterocycles. The number of hydrogen-bond donors (Lipinski definition) is 0. The molecule has 10 heteroatoms. The maximum Gasteiger partial charge on any atom is 0.243 e. The largest absolute Gasteiger partial charge is 0.368 e. The van der Waals surface area contributed by atoms with Gasteiger partial charge in [-0.25, -0.2) is 12.8 Å². The molecule has 0 atom stereocenters. The molecule has 2 fully saturated rings. The van der Waals surface area contributed by atoms with Crippen LogP contribution in [0.1, 0.15) is 6.42 Å². The lowest BCUT2D eigenvalue weighted by atomic mass is 10.2. The molecule has 2 aliphatic heterocycles. The van der Waals surface area contributed by atoms with Crippen LogP contribution in [0.25, 0.3) is 0 Å². The van der Waals surface area contributed by atoms with E-state index >= 15 is 0 Å². The van der Waals surface area contributed by atoms with Crippen molar-refractivity contribution in [3.63, 3.8) is 0 Å². The van der Waals surface area contributed by atoms with Gasteiger partial charge in [-0.2, -0.15) is 4.31 Å². The molecule has 0 radical (unpaired) electrons. The monoisotopic (exact) mass is 494 g/mol. The minimum Gasteiger partial charge on any atom is -0.368 e. The summed E-state index contributed by atoms with van der Waals surface area (Å²) in [6.45, 7) is 4.87. The number of carbonyl (C=O) groups excluding carboxylic acids is 1. The third-order valence-corrected chi connectivity index (χ3v) is 8.31. The second-order valence-corrected chi connectivity index (χ2v) is 10.7. The number of anilines is 1. The van der Waals surface area contributed by atoms with Crippen LogP contribution in [0.3, 0.4) is 0 Å². The van der Waals surface area contributed by atoms with Crippen molar-refractivity contribution in [1.82, 2.24) is 14.1 Å². The third-order valence-electron chi connectivity index (χ3n) is 6.16. The zero-order valence-corrected chi connectivity index (χ0v) is 19.9. The molecular weight excluding hydrogens is 467 g/mol. The fraction of sp³-hybridized carbons (Fsp3) is 0.435. The third kappa shape index (κ3) is 5.84. The highest BCUT2D eigenvalue weighted by Crippen LogP contribution is 2.21. The minimum atomic E-state index is -3.68. The highest BCUT2D eigenvalue weighted by molar-refractivity contribution is 7.89. The molecule has 0 unspecified atom stereocenters. The first-order valence-corrected chi connectivity index (χ1v) is 12.9. The molecule has 0 bridgehead atoms. The average Bonchev–Trinajstić information content (AvgIpc) is 3.05. The summed E-state index contributed by atoms with van der Waals surface area (Å²) in [4.78, 5) is 19.1. The van der Waals surface area contributed by atoms with Crippen molar-refractivity contribution in [2.75, 3.05) is 63.8 Å². The van der Waals surface area contributed by atoms with E-state index in [0.717, 1.165) is 30.9 Å². The lowest BCUT2D eigenvalue weighted by Gasteiger charge is -2.37. The standard InChI is InChI=1S/C23H28ClFN4O3S/c24-19-3-1-4-21(17-19)27-12-14-28(15-13-27)23(30)18-26-9-2-10-29(16-11-26)33(31,32)22-7-5-20(25)6-8-22/h1,3-8,17H,2,9-16,18H2. The van der Waals surface area contributed by atoms with Gasteiger partial charge in [-0.05, 0) is 55.4 Å². The van der Waals surface area contributed by atoms with Gasteiger partial charge in [-0.3, -0.25) is 9.69 Å². The molecule has 0 spiro atoms. The Morgan fingerprint density at radius 3 is 2.33 bits per heavy atom. The van der Waals surface area contributed by atoms with Gasteiger partial charge in [0.25, 0.3) is 0 Å². The number of sulfonamides is 1. The van der Waals surface area contributed by atoms with Gasteiger partial charge in [0.15, 0.2) is 0 Å². The number of piperazine rings is 1. The number of carbonyl (C=O) groups is 1. The van der Waals surface area contributed by atoms with Crippen molar-refractivity contribution >= 4 is 33.2 Å². The van der Waals surface area contributed by atoms with E-state index in [1.165, 1.54) is 16.4 Å². The summed E-state index contributed by atoms with van der Waals surface area (Å²) in [5, 5.41) is 0.697. The second kappa shape index (κ2) is 10.4. The van der Waals surface area contributed by atoms with Crippen LogP contribution in [0, 0.1) is 5.82 Å². The molecule has 2 aromatic rings. The molecule has 178 valence electrons. The predicted octanol–water partition coefficient (Wildman–Crippen LogP) is 2.52. The van der Waals surface area contributed by atoms with Gasteiger partial charge in [0.1, 0.15) is 5.82 Å². The fourth-order valence-corrected chi connectivity index (χ4v) is 5.93. The normalized spacial score (nSPS) is 18.8. The number of hydrogen-bond acceptors (Lipinski definition) is 5. The Morgan fingerprint density at radius 1 is 0.909 bits per heavy atom. The van der Waals surface area contributed by atoms with Crippen molar-refractivity contribution in [3.05, 3.63) is 59.4 Å². The van der Waals surface area contributed by atoms with Crippen LogP contribution in [0.15, 0.2) is 53.4 Å². The first-order chi connectivity index (χ1) is 15.8. The van der Waals surface area contributed by atoms with E-state index < -0.39 is 15.8 Å². The summed E-state index contributed by atoms with van der Waals surface area (Å²) < 4.78 is 40.4. The van der Waals surface area contributed by atoms with Crippen LogP contribution in [-0.2, 0) is 14.8 Å². The molecule has 33 heavy (non-hydrogen) atoms. The first-order valence-electron chi connectivity index (χ1n) is 11.1. The van der Waals surface area contributed by atoms with Gasteiger partial charge in [0, 0.05) is 56.5 Å². The number of nitrogens with zero attached hydrogens (tertiary/aromatic N) is 4. The summed E-state index contributed by atoms with van der Waals surface area (Å²) in [5.74, 6) is -0.404. The molecule has 0 saturated carbocycles. The van der Waals surface area contributed by atoms with Gasteiger partial charge in [-0.1, -0.05) is 17.7 Å². The van der Waals surface area contributed by atoms with Crippen molar-refractivity contribution in [1.29, 1.82) is 0 Å². The smallest absolute Gasteiger partial charge is 0.243 e. The van der Waals surface area contributed by atoms with Gasteiger partial charge >= 0.3 is 0 Å². The Labute approximate surface area is 199 Å². The lowest BCUT2D eigenvalue weighted by molar-refractivity contribution is -0.132. The quantitative estimate of drug-likeness (QED) is 0.639. The fourth-order valence-electron chi connectivity index (χ4n) is 4.28. The van der Waals surface area contributed by atoms with Crippen LogP contribution >= 0.6 is 11.6 Å². The van der Waals surface area contributed by atoms with Crippen LogP contribution in [-0.4, -0.2) is 87.3 Å². The molecule has 0 N–H and O–H groups in total. The number of amides is 1. The van der Waals surface area contributed by atoms with E-state index in [4.69, 9.17) is 11.6 Å². The Hall–Kier alpha value is -2.20. The van der Waals surface area contributed by atoms with E-state index in [9.17, 15) is 17.6 Å². The van der Waals surface area contributed by atoms with Crippen molar-refractivity contribution in [2.45, 2.75) is 11.3 Å². The van der Waals surface area contributed by atoms with Crippen LogP contribution in [0.5, 0.6) is 0 Å². The topological polar surface area (TPSA) is 64.2 Å². The van der Waals surface area contributed by atoms with Gasteiger partial charge < -0.3 is 9.80 Å². The van der Waals surface area contributed by atoms with E-state index in [1.54, 1.807) is 0 Å². The maximum absolute atomic E-state index is 13.2. The number of rotatable bonds is 5. The zero-order chi connectivity index (χ0) is 23.4. The average molecular weight is 495 g/mol. The molecular formula is C23H28ClFN4O3S. The SMILES string of the molecule is O=C(CN1CCCN(S(=O)(=O)c2ccc(F)cc2)CC1)N1CCN(c2cccc(Cl)c2)CC1. The predicted molar refractivity (Wildman–Crippen MR) is 126 cm³/mol. The number of benzene rings is 2. The molecule has 1 amide bonds. The highest BCUT2D eigenvalue weighted by atomic mass is 35.5.